The highest BCUT2D eigenvalue weighted by atomic mass is 16.4. The predicted molar refractivity (Wildman–Crippen MR) is 84.8 cm³/mol. The number of aromatic nitrogens is 1. The summed E-state index contributed by atoms with van der Waals surface area (Å²) in [7, 11) is 0. The van der Waals surface area contributed by atoms with Crippen molar-refractivity contribution < 1.29 is 14.7 Å². The Kier molecular flexibility index (Phi) is 4.74. The predicted octanol–water partition coefficient (Wildman–Crippen LogP) is 2.99. The van der Waals surface area contributed by atoms with E-state index in [1.807, 2.05) is 26.8 Å². The van der Waals surface area contributed by atoms with Gasteiger partial charge in [-0.05, 0) is 51.7 Å². The van der Waals surface area contributed by atoms with E-state index >= 15 is 0 Å². The molecular formula is C17H24N2O3. The van der Waals surface area contributed by atoms with Crippen LogP contribution >= 0.6 is 0 Å². The van der Waals surface area contributed by atoms with Crippen LogP contribution in [0.25, 0.3) is 0 Å². The van der Waals surface area contributed by atoms with Crippen LogP contribution in [0.2, 0.25) is 0 Å². The molecule has 2 rings (SSSR count). The van der Waals surface area contributed by atoms with Crippen molar-refractivity contribution in [1.29, 1.82) is 0 Å². The molecule has 5 nitrogen and oxygen atoms in total. The van der Waals surface area contributed by atoms with Gasteiger partial charge in [-0.25, -0.2) is 0 Å². The molecule has 0 bridgehead atoms. The van der Waals surface area contributed by atoms with Crippen LogP contribution in [-0.2, 0) is 4.79 Å². The normalized spacial score (nSPS) is 21.5. The topological polar surface area (TPSA) is 73.4 Å². The molecule has 0 aliphatic carbocycles. The van der Waals surface area contributed by atoms with Gasteiger partial charge in [0.05, 0.1) is 5.41 Å². The highest BCUT2D eigenvalue weighted by Gasteiger charge is 2.43. The van der Waals surface area contributed by atoms with Crippen molar-refractivity contribution in [3.05, 3.63) is 35.2 Å². The molecular weight excluding hydrogens is 280 g/mol. The first kappa shape index (κ1) is 16.3. The fourth-order valence-corrected chi connectivity index (χ4v) is 2.93. The number of nitrogens with zero attached hydrogens (tertiary/aromatic N) is 1. The van der Waals surface area contributed by atoms with E-state index in [0.717, 1.165) is 11.1 Å². The van der Waals surface area contributed by atoms with Gasteiger partial charge in [-0.1, -0.05) is 11.6 Å². The summed E-state index contributed by atoms with van der Waals surface area (Å²) < 4.78 is 0. The summed E-state index contributed by atoms with van der Waals surface area (Å²) in [4.78, 5) is 29.0. The molecule has 0 spiro atoms. The summed E-state index contributed by atoms with van der Waals surface area (Å²) >= 11 is 0. The first-order valence-corrected chi connectivity index (χ1v) is 7.65. The van der Waals surface area contributed by atoms with Crippen LogP contribution in [-0.4, -0.2) is 40.0 Å². The van der Waals surface area contributed by atoms with Crippen molar-refractivity contribution in [3.63, 3.8) is 0 Å². The van der Waals surface area contributed by atoms with Gasteiger partial charge in [-0.15, -0.1) is 0 Å². The van der Waals surface area contributed by atoms with Crippen LogP contribution in [0.5, 0.6) is 0 Å². The number of piperidine rings is 1. The number of amides is 1. The van der Waals surface area contributed by atoms with Crippen molar-refractivity contribution >= 4 is 11.9 Å². The SMILES string of the molecule is CC(C)=CC[C@@]1(C(=O)O)CCCN(C(=O)c2cc(C)c[nH]2)C1. The summed E-state index contributed by atoms with van der Waals surface area (Å²) in [6.07, 6.45) is 5.54. The second-order valence-corrected chi connectivity index (χ2v) is 6.49. The average Bonchev–Trinajstić information content (AvgIpc) is 2.91. The molecule has 0 saturated carbocycles. The molecule has 0 unspecified atom stereocenters. The number of carboxylic acid groups (broad SMARTS) is 1. The minimum absolute atomic E-state index is 0.115. The number of hydrogen-bond acceptors (Lipinski definition) is 2. The van der Waals surface area contributed by atoms with Gasteiger partial charge in [0, 0.05) is 19.3 Å². The van der Waals surface area contributed by atoms with Gasteiger partial charge >= 0.3 is 5.97 Å². The summed E-state index contributed by atoms with van der Waals surface area (Å²) in [5, 5.41) is 9.70. The molecule has 0 radical (unpaired) electrons. The number of carbonyl (C=O) groups is 2. The van der Waals surface area contributed by atoms with Gasteiger partial charge in [0.1, 0.15) is 5.69 Å². The molecule has 0 aromatic carbocycles. The zero-order valence-electron chi connectivity index (χ0n) is 13.5. The molecule has 22 heavy (non-hydrogen) atoms. The monoisotopic (exact) mass is 304 g/mol. The van der Waals surface area contributed by atoms with Crippen LogP contribution in [0.1, 0.15) is 49.2 Å². The molecule has 1 atom stereocenters. The maximum absolute atomic E-state index is 12.5. The lowest BCUT2D eigenvalue weighted by atomic mass is 9.76. The second-order valence-electron chi connectivity index (χ2n) is 6.49. The number of likely N-dealkylation sites (tertiary alicyclic amines) is 1. The minimum Gasteiger partial charge on any atom is -0.481 e. The smallest absolute Gasteiger partial charge is 0.311 e. The van der Waals surface area contributed by atoms with E-state index < -0.39 is 11.4 Å². The van der Waals surface area contributed by atoms with E-state index in [-0.39, 0.29) is 12.5 Å². The Labute approximate surface area is 131 Å². The Morgan fingerprint density at radius 2 is 2.18 bits per heavy atom. The third-order valence-electron chi connectivity index (χ3n) is 4.28. The van der Waals surface area contributed by atoms with Crippen molar-refractivity contribution in [2.45, 2.75) is 40.0 Å². The van der Waals surface area contributed by atoms with Gasteiger partial charge in [0.25, 0.3) is 5.91 Å². The molecule has 1 aromatic heterocycles. The Balaban J connectivity index is 2.20. The number of aliphatic carboxylic acids is 1. The first-order chi connectivity index (χ1) is 10.3. The van der Waals surface area contributed by atoms with Gasteiger partial charge in [0.15, 0.2) is 0 Å². The van der Waals surface area contributed by atoms with Crippen molar-refractivity contribution in [2.75, 3.05) is 13.1 Å². The minimum atomic E-state index is -0.868. The third-order valence-corrected chi connectivity index (χ3v) is 4.28. The van der Waals surface area contributed by atoms with E-state index in [2.05, 4.69) is 4.98 Å². The standard InChI is InChI=1S/C17H24N2O3/c1-12(2)5-7-17(16(21)22)6-4-8-19(11-17)15(20)14-9-13(3)10-18-14/h5,9-10,18H,4,6-8,11H2,1-3H3,(H,21,22)/t17-/m0/s1. The number of aryl methyl sites for hydroxylation is 1. The van der Waals surface area contributed by atoms with E-state index in [1.165, 1.54) is 0 Å². The van der Waals surface area contributed by atoms with Gasteiger partial charge in [-0.2, -0.15) is 0 Å². The van der Waals surface area contributed by atoms with Crippen LogP contribution < -0.4 is 0 Å². The van der Waals surface area contributed by atoms with Gasteiger partial charge in [-0.3, -0.25) is 9.59 Å². The van der Waals surface area contributed by atoms with Gasteiger partial charge in [0.2, 0.25) is 0 Å². The number of allylic oxidation sites excluding steroid dienone is 2. The lowest BCUT2D eigenvalue weighted by molar-refractivity contribution is -0.151. The zero-order chi connectivity index (χ0) is 16.3. The van der Waals surface area contributed by atoms with E-state index in [9.17, 15) is 14.7 Å². The molecule has 120 valence electrons. The number of rotatable bonds is 4. The lowest BCUT2D eigenvalue weighted by Gasteiger charge is -2.39. The van der Waals surface area contributed by atoms with Crippen LogP contribution in [0.4, 0.5) is 0 Å². The van der Waals surface area contributed by atoms with Crippen molar-refractivity contribution in [1.82, 2.24) is 9.88 Å². The van der Waals surface area contributed by atoms with Crippen LogP contribution in [0, 0.1) is 12.3 Å². The van der Waals surface area contributed by atoms with E-state index in [0.29, 0.717) is 31.5 Å². The zero-order valence-corrected chi connectivity index (χ0v) is 13.5. The molecule has 5 heteroatoms. The fourth-order valence-electron chi connectivity index (χ4n) is 2.93. The number of carboxylic acids is 1. The van der Waals surface area contributed by atoms with E-state index in [1.54, 1.807) is 17.2 Å². The second kappa shape index (κ2) is 6.38. The molecule has 1 aromatic rings. The molecule has 1 amide bonds. The number of carbonyl (C=O) groups excluding carboxylic acids is 1. The van der Waals surface area contributed by atoms with Crippen molar-refractivity contribution in [3.8, 4) is 0 Å². The van der Waals surface area contributed by atoms with Crippen LogP contribution in [0.15, 0.2) is 23.9 Å². The Morgan fingerprint density at radius 3 is 2.73 bits per heavy atom. The summed E-state index contributed by atoms with van der Waals surface area (Å²) in [5.41, 5.74) is 1.76. The summed E-state index contributed by atoms with van der Waals surface area (Å²) in [5.74, 6) is -0.930. The maximum atomic E-state index is 12.5. The number of hydrogen-bond donors (Lipinski definition) is 2. The number of nitrogens with one attached hydrogen (secondary N) is 1. The number of aromatic amines is 1. The van der Waals surface area contributed by atoms with Gasteiger partial charge < -0.3 is 15.0 Å². The molecule has 1 fully saturated rings. The molecule has 2 N–H and O–H groups in total. The Morgan fingerprint density at radius 1 is 1.45 bits per heavy atom. The number of H-pyrrole nitrogens is 1. The Bertz CT molecular complexity index is 599. The highest BCUT2D eigenvalue weighted by Crippen LogP contribution is 2.35. The molecule has 1 aliphatic rings. The van der Waals surface area contributed by atoms with E-state index in [4.69, 9.17) is 0 Å². The fraction of sp³-hybridized carbons (Fsp3) is 0.529. The average molecular weight is 304 g/mol. The first-order valence-electron chi connectivity index (χ1n) is 7.65. The van der Waals surface area contributed by atoms with Crippen molar-refractivity contribution in [2.24, 2.45) is 5.41 Å². The molecule has 1 aliphatic heterocycles. The third kappa shape index (κ3) is 3.40. The maximum Gasteiger partial charge on any atom is 0.311 e. The largest absolute Gasteiger partial charge is 0.481 e. The quantitative estimate of drug-likeness (QED) is 0.840. The molecule has 2 heterocycles. The highest BCUT2D eigenvalue weighted by molar-refractivity contribution is 5.93. The summed E-state index contributed by atoms with van der Waals surface area (Å²) in [6.45, 7) is 6.72. The lowest BCUT2D eigenvalue weighted by Crippen LogP contribution is -2.49. The Hall–Kier alpha value is -2.04. The molecule has 1 saturated heterocycles. The summed E-state index contributed by atoms with van der Waals surface area (Å²) in [6, 6.07) is 1.80. The van der Waals surface area contributed by atoms with Crippen LogP contribution in [0.3, 0.4) is 0 Å².